The molecular weight excluding hydrogens is 198 g/mol. The van der Waals surface area contributed by atoms with Crippen molar-refractivity contribution in [2.75, 3.05) is 18.0 Å². The standard InChI is InChI=1S/C13H19N3/c1-4-8-16(9-5-2)13-10-12(11(3)14)6-7-15-13/h4-7,10-11H,1-2,8-9,14H2,3H3/t11-/m0/s1. The van der Waals surface area contributed by atoms with Crippen molar-refractivity contribution >= 4 is 5.82 Å². The maximum absolute atomic E-state index is 5.84. The summed E-state index contributed by atoms with van der Waals surface area (Å²) >= 11 is 0. The van der Waals surface area contributed by atoms with Crippen molar-refractivity contribution in [2.24, 2.45) is 5.73 Å². The average Bonchev–Trinajstić information content (AvgIpc) is 2.29. The maximum atomic E-state index is 5.84. The van der Waals surface area contributed by atoms with E-state index in [0.717, 1.165) is 24.5 Å². The predicted octanol–water partition coefficient (Wildman–Crippen LogP) is 2.28. The van der Waals surface area contributed by atoms with Crippen molar-refractivity contribution in [1.82, 2.24) is 4.98 Å². The van der Waals surface area contributed by atoms with Crippen molar-refractivity contribution in [2.45, 2.75) is 13.0 Å². The van der Waals surface area contributed by atoms with Gasteiger partial charge in [0, 0.05) is 25.3 Å². The molecule has 16 heavy (non-hydrogen) atoms. The molecule has 0 unspecified atom stereocenters. The van der Waals surface area contributed by atoms with E-state index in [1.165, 1.54) is 0 Å². The molecule has 0 aliphatic heterocycles. The molecular formula is C13H19N3. The Hall–Kier alpha value is -1.61. The van der Waals surface area contributed by atoms with Crippen LogP contribution in [0.15, 0.2) is 43.6 Å². The van der Waals surface area contributed by atoms with Crippen molar-refractivity contribution in [3.63, 3.8) is 0 Å². The van der Waals surface area contributed by atoms with E-state index in [0.29, 0.717) is 0 Å². The van der Waals surface area contributed by atoms with Crippen molar-refractivity contribution < 1.29 is 0 Å². The van der Waals surface area contributed by atoms with Crippen LogP contribution < -0.4 is 10.6 Å². The zero-order valence-electron chi connectivity index (χ0n) is 9.76. The van der Waals surface area contributed by atoms with Crippen LogP contribution in [0.5, 0.6) is 0 Å². The lowest BCUT2D eigenvalue weighted by Crippen LogP contribution is -2.24. The second kappa shape index (κ2) is 6.08. The largest absolute Gasteiger partial charge is 0.349 e. The number of pyridine rings is 1. The lowest BCUT2D eigenvalue weighted by atomic mass is 10.1. The fraction of sp³-hybridized carbons (Fsp3) is 0.308. The third kappa shape index (κ3) is 3.21. The van der Waals surface area contributed by atoms with Gasteiger partial charge in [0.2, 0.25) is 0 Å². The molecule has 0 aliphatic carbocycles. The lowest BCUT2D eigenvalue weighted by Gasteiger charge is -2.21. The molecule has 1 aromatic rings. The highest BCUT2D eigenvalue weighted by Crippen LogP contribution is 2.16. The predicted molar refractivity (Wildman–Crippen MR) is 69.4 cm³/mol. The van der Waals surface area contributed by atoms with Crippen LogP contribution in [0.25, 0.3) is 0 Å². The Morgan fingerprint density at radius 2 is 2.06 bits per heavy atom. The van der Waals surface area contributed by atoms with Gasteiger partial charge >= 0.3 is 0 Å². The summed E-state index contributed by atoms with van der Waals surface area (Å²) < 4.78 is 0. The minimum absolute atomic E-state index is 0.0241. The molecule has 0 aliphatic rings. The van der Waals surface area contributed by atoms with Crippen LogP contribution in [-0.4, -0.2) is 18.1 Å². The summed E-state index contributed by atoms with van der Waals surface area (Å²) in [5, 5.41) is 0. The van der Waals surface area contributed by atoms with Crippen LogP contribution in [0, 0.1) is 0 Å². The summed E-state index contributed by atoms with van der Waals surface area (Å²) in [5.41, 5.74) is 6.93. The van der Waals surface area contributed by atoms with Crippen LogP contribution >= 0.6 is 0 Å². The smallest absolute Gasteiger partial charge is 0.129 e. The molecule has 0 radical (unpaired) electrons. The fourth-order valence-electron chi connectivity index (χ4n) is 1.46. The Morgan fingerprint density at radius 3 is 2.56 bits per heavy atom. The first-order valence-corrected chi connectivity index (χ1v) is 5.37. The molecule has 0 aromatic carbocycles. The zero-order chi connectivity index (χ0) is 12.0. The molecule has 3 heteroatoms. The van der Waals surface area contributed by atoms with E-state index in [2.05, 4.69) is 23.0 Å². The first-order valence-electron chi connectivity index (χ1n) is 5.37. The molecule has 0 fully saturated rings. The summed E-state index contributed by atoms with van der Waals surface area (Å²) in [6.07, 6.45) is 5.49. The van der Waals surface area contributed by atoms with Crippen molar-refractivity contribution in [3.8, 4) is 0 Å². The number of nitrogens with two attached hydrogens (primary N) is 1. The molecule has 0 saturated heterocycles. The average molecular weight is 217 g/mol. The van der Waals surface area contributed by atoms with Crippen LogP contribution in [-0.2, 0) is 0 Å². The molecule has 0 bridgehead atoms. The number of nitrogens with zero attached hydrogens (tertiary/aromatic N) is 2. The SMILES string of the molecule is C=CCN(CC=C)c1cc([C@H](C)N)ccn1. The van der Waals surface area contributed by atoms with E-state index < -0.39 is 0 Å². The Bertz CT molecular complexity index is 348. The summed E-state index contributed by atoms with van der Waals surface area (Å²) in [7, 11) is 0. The molecule has 3 nitrogen and oxygen atoms in total. The van der Waals surface area contributed by atoms with Gasteiger partial charge in [-0.1, -0.05) is 12.2 Å². The summed E-state index contributed by atoms with van der Waals surface area (Å²) in [5.74, 6) is 0.912. The molecule has 1 aromatic heterocycles. The number of anilines is 1. The highest BCUT2D eigenvalue weighted by Gasteiger charge is 2.06. The number of hydrogen-bond donors (Lipinski definition) is 1. The lowest BCUT2D eigenvalue weighted by molar-refractivity contribution is 0.810. The Morgan fingerprint density at radius 1 is 1.44 bits per heavy atom. The topological polar surface area (TPSA) is 42.1 Å². The van der Waals surface area contributed by atoms with Gasteiger partial charge in [-0.25, -0.2) is 4.98 Å². The second-order valence-electron chi connectivity index (χ2n) is 3.72. The van der Waals surface area contributed by atoms with Crippen LogP contribution in [0.2, 0.25) is 0 Å². The number of hydrogen-bond acceptors (Lipinski definition) is 3. The fourth-order valence-corrected chi connectivity index (χ4v) is 1.46. The molecule has 1 atom stereocenters. The van der Waals surface area contributed by atoms with Gasteiger partial charge in [0.25, 0.3) is 0 Å². The van der Waals surface area contributed by atoms with Gasteiger partial charge in [-0.3, -0.25) is 0 Å². The van der Waals surface area contributed by atoms with E-state index in [-0.39, 0.29) is 6.04 Å². The Labute approximate surface area is 97.3 Å². The molecule has 0 amide bonds. The summed E-state index contributed by atoms with van der Waals surface area (Å²) in [6, 6.07) is 3.97. The monoisotopic (exact) mass is 217 g/mol. The molecule has 86 valence electrons. The van der Waals surface area contributed by atoms with E-state index in [1.807, 2.05) is 31.2 Å². The van der Waals surface area contributed by atoms with Crippen LogP contribution in [0.3, 0.4) is 0 Å². The van der Waals surface area contributed by atoms with Gasteiger partial charge in [0.1, 0.15) is 5.82 Å². The minimum atomic E-state index is 0.0241. The first kappa shape index (κ1) is 12.5. The quantitative estimate of drug-likeness (QED) is 0.743. The highest BCUT2D eigenvalue weighted by atomic mass is 15.2. The van der Waals surface area contributed by atoms with Crippen molar-refractivity contribution in [3.05, 3.63) is 49.2 Å². The van der Waals surface area contributed by atoms with Gasteiger partial charge in [-0.05, 0) is 24.6 Å². The normalized spacial score (nSPS) is 11.9. The second-order valence-corrected chi connectivity index (χ2v) is 3.72. The zero-order valence-corrected chi connectivity index (χ0v) is 9.76. The molecule has 1 heterocycles. The molecule has 1 rings (SSSR count). The van der Waals surface area contributed by atoms with Crippen molar-refractivity contribution in [1.29, 1.82) is 0 Å². The minimum Gasteiger partial charge on any atom is -0.349 e. The van der Waals surface area contributed by atoms with Gasteiger partial charge in [-0.2, -0.15) is 0 Å². The maximum Gasteiger partial charge on any atom is 0.129 e. The van der Waals surface area contributed by atoms with Crippen LogP contribution in [0.4, 0.5) is 5.82 Å². The van der Waals surface area contributed by atoms with Gasteiger partial charge in [-0.15, -0.1) is 13.2 Å². The van der Waals surface area contributed by atoms with E-state index in [1.54, 1.807) is 6.20 Å². The number of rotatable bonds is 6. The third-order valence-corrected chi connectivity index (χ3v) is 2.32. The molecule has 2 N–H and O–H groups in total. The van der Waals surface area contributed by atoms with Gasteiger partial charge in [0.05, 0.1) is 0 Å². The summed E-state index contributed by atoms with van der Waals surface area (Å²) in [4.78, 5) is 6.42. The highest BCUT2D eigenvalue weighted by molar-refractivity contribution is 5.43. The van der Waals surface area contributed by atoms with E-state index >= 15 is 0 Å². The Balaban J connectivity index is 2.94. The third-order valence-electron chi connectivity index (χ3n) is 2.32. The molecule has 0 saturated carbocycles. The summed E-state index contributed by atoms with van der Waals surface area (Å²) in [6.45, 7) is 10.9. The first-order chi connectivity index (χ1) is 7.69. The van der Waals surface area contributed by atoms with E-state index in [4.69, 9.17) is 5.73 Å². The van der Waals surface area contributed by atoms with E-state index in [9.17, 15) is 0 Å². The van der Waals surface area contributed by atoms with Gasteiger partial charge in [0.15, 0.2) is 0 Å². The van der Waals surface area contributed by atoms with Crippen LogP contribution in [0.1, 0.15) is 18.5 Å². The van der Waals surface area contributed by atoms with Gasteiger partial charge < -0.3 is 10.6 Å². The number of aromatic nitrogens is 1. The molecule has 0 spiro atoms. The Kier molecular flexibility index (Phi) is 4.73.